The van der Waals surface area contributed by atoms with Crippen LogP contribution in [0, 0.1) is 16.7 Å². The maximum atomic E-state index is 12.1. The van der Waals surface area contributed by atoms with Gasteiger partial charge < -0.3 is 14.0 Å². The molecule has 0 N–H and O–H groups in total. The summed E-state index contributed by atoms with van der Waals surface area (Å²) in [5, 5.41) is 0. The summed E-state index contributed by atoms with van der Waals surface area (Å²) in [6, 6.07) is 0. The second-order valence-corrected chi connectivity index (χ2v) is 10.1. The summed E-state index contributed by atoms with van der Waals surface area (Å²) in [7, 11) is 4.18. The Bertz CT molecular complexity index is 474. The normalized spacial score (nSPS) is 29.9. The minimum atomic E-state index is -0.0838. The van der Waals surface area contributed by atoms with Gasteiger partial charge in [-0.2, -0.15) is 0 Å². The third-order valence-corrected chi connectivity index (χ3v) is 7.55. The second-order valence-electron chi connectivity index (χ2n) is 10.1. The fourth-order valence-electron chi connectivity index (χ4n) is 5.01. The number of nitrogens with zero attached hydrogens (tertiary/aromatic N) is 1. The summed E-state index contributed by atoms with van der Waals surface area (Å²) in [6.45, 7) is 12.0. The topological polar surface area (TPSA) is 35.5 Å². The van der Waals surface area contributed by atoms with Gasteiger partial charge in [-0.05, 0) is 42.4 Å². The predicted octanol–water partition coefficient (Wildman–Crippen LogP) is 4.42. The highest BCUT2D eigenvalue weighted by Gasteiger charge is 2.61. The number of hydrogen-bond donors (Lipinski definition) is 0. The van der Waals surface area contributed by atoms with Gasteiger partial charge in [0.25, 0.3) is 0 Å². The van der Waals surface area contributed by atoms with Crippen LogP contribution in [-0.4, -0.2) is 57.0 Å². The third-order valence-electron chi connectivity index (χ3n) is 7.55. The summed E-state index contributed by atoms with van der Waals surface area (Å²) >= 11 is 0. The van der Waals surface area contributed by atoms with Gasteiger partial charge in [-0.15, -0.1) is 0 Å². The van der Waals surface area contributed by atoms with E-state index in [0.29, 0.717) is 34.6 Å². The number of fused-ring (bicyclic) bond motifs is 2. The van der Waals surface area contributed by atoms with Crippen LogP contribution in [0.2, 0.25) is 0 Å². The lowest BCUT2D eigenvalue weighted by atomic mass is 9.70. The number of hydrogen-bond acceptors (Lipinski definition) is 3. The highest BCUT2D eigenvalue weighted by atomic mass is 16.5. The van der Waals surface area contributed by atoms with Crippen molar-refractivity contribution in [2.45, 2.75) is 78.7 Å². The van der Waals surface area contributed by atoms with E-state index in [9.17, 15) is 4.79 Å². The Kier molecular flexibility index (Phi) is 7.17. The monoisotopic (exact) mass is 368 g/mol. The molecule has 0 spiro atoms. The van der Waals surface area contributed by atoms with Crippen LogP contribution in [0.1, 0.15) is 72.6 Å². The summed E-state index contributed by atoms with van der Waals surface area (Å²) in [5.74, 6) is 0.724. The fraction of sp³-hybridized carbons (Fsp3) is 0.955. The van der Waals surface area contributed by atoms with Crippen molar-refractivity contribution in [3.8, 4) is 0 Å². The molecular weight excluding hydrogens is 326 g/mol. The zero-order chi connectivity index (χ0) is 19.4. The average molecular weight is 369 g/mol. The van der Waals surface area contributed by atoms with Crippen molar-refractivity contribution in [3.05, 3.63) is 0 Å². The molecule has 3 atom stereocenters. The molecule has 2 saturated carbocycles. The second kappa shape index (κ2) is 8.60. The van der Waals surface area contributed by atoms with Gasteiger partial charge in [-0.3, -0.25) is 0 Å². The molecule has 2 rings (SSSR count). The van der Waals surface area contributed by atoms with Gasteiger partial charge in [0.05, 0.1) is 33.4 Å². The van der Waals surface area contributed by atoms with Crippen molar-refractivity contribution in [2.24, 2.45) is 16.7 Å². The minimum Gasteiger partial charge on any atom is -0.462 e. The zero-order valence-corrected chi connectivity index (χ0v) is 18.1. The molecule has 4 heteroatoms. The molecule has 2 aliphatic rings. The van der Waals surface area contributed by atoms with Gasteiger partial charge in [0, 0.05) is 0 Å². The summed E-state index contributed by atoms with van der Waals surface area (Å²) < 4.78 is 12.4. The molecule has 0 saturated heterocycles. The SMILES string of the molecule is CCCCCCOC(=O)C[N+](C)(C)CCO[C@H]1C[C@@H]2CC[C@@]1(C)C2(C)C. The van der Waals surface area contributed by atoms with Crippen LogP contribution < -0.4 is 0 Å². The van der Waals surface area contributed by atoms with Gasteiger partial charge in [0.15, 0.2) is 6.54 Å². The molecule has 26 heavy (non-hydrogen) atoms. The number of quaternary nitrogens is 1. The number of esters is 1. The number of unbranched alkanes of at least 4 members (excludes halogenated alkanes) is 3. The molecule has 2 aliphatic carbocycles. The first-order valence-corrected chi connectivity index (χ1v) is 10.7. The lowest BCUT2D eigenvalue weighted by molar-refractivity contribution is -0.883. The predicted molar refractivity (Wildman–Crippen MR) is 106 cm³/mol. The van der Waals surface area contributed by atoms with Crippen LogP contribution in [0.5, 0.6) is 0 Å². The molecule has 152 valence electrons. The fourth-order valence-corrected chi connectivity index (χ4v) is 5.01. The molecule has 0 unspecified atom stereocenters. The van der Waals surface area contributed by atoms with Crippen LogP contribution in [-0.2, 0) is 14.3 Å². The van der Waals surface area contributed by atoms with E-state index in [-0.39, 0.29) is 5.97 Å². The standard InChI is InChI=1S/C22H42NO3/c1-7-8-9-10-14-26-20(24)17-23(5,6)13-15-25-19-16-18-11-12-22(19,4)21(18,2)3/h18-19H,7-17H2,1-6H3/q+1/t18-,19-,22+/m0/s1. The van der Waals surface area contributed by atoms with E-state index in [1.54, 1.807) is 0 Å². The lowest BCUT2D eigenvalue weighted by Crippen LogP contribution is -2.47. The first-order valence-electron chi connectivity index (χ1n) is 10.7. The van der Waals surface area contributed by atoms with Crippen molar-refractivity contribution in [3.63, 3.8) is 0 Å². The Balaban J connectivity index is 1.68. The molecule has 0 amide bonds. The van der Waals surface area contributed by atoms with Crippen molar-refractivity contribution < 1.29 is 18.8 Å². The van der Waals surface area contributed by atoms with E-state index >= 15 is 0 Å². The van der Waals surface area contributed by atoms with Crippen molar-refractivity contribution in [1.82, 2.24) is 0 Å². The largest absolute Gasteiger partial charge is 0.462 e. The van der Waals surface area contributed by atoms with E-state index in [1.165, 1.54) is 32.1 Å². The Morgan fingerprint density at radius 1 is 1.12 bits per heavy atom. The summed E-state index contributed by atoms with van der Waals surface area (Å²) in [4.78, 5) is 12.1. The molecule has 2 fully saturated rings. The smallest absolute Gasteiger partial charge is 0.361 e. The van der Waals surface area contributed by atoms with Crippen molar-refractivity contribution >= 4 is 5.97 Å². The number of likely N-dealkylation sites (N-methyl/N-ethyl adjacent to an activating group) is 1. The lowest BCUT2D eigenvalue weighted by Gasteiger charge is -2.39. The highest BCUT2D eigenvalue weighted by molar-refractivity contribution is 5.70. The Morgan fingerprint density at radius 2 is 1.85 bits per heavy atom. The van der Waals surface area contributed by atoms with Crippen LogP contribution in [0.25, 0.3) is 0 Å². The first-order chi connectivity index (χ1) is 12.1. The van der Waals surface area contributed by atoms with Gasteiger partial charge in [0.1, 0.15) is 6.54 Å². The molecule has 0 radical (unpaired) electrons. The Labute approximate surface area is 161 Å². The van der Waals surface area contributed by atoms with Crippen molar-refractivity contribution in [1.29, 1.82) is 0 Å². The van der Waals surface area contributed by atoms with Crippen molar-refractivity contribution in [2.75, 3.05) is 40.4 Å². The molecule has 0 heterocycles. The quantitative estimate of drug-likeness (QED) is 0.308. The summed E-state index contributed by atoms with van der Waals surface area (Å²) in [5.41, 5.74) is 0.704. The van der Waals surface area contributed by atoms with Crippen LogP contribution >= 0.6 is 0 Å². The molecule has 0 aromatic heterocycles. The van der Waals surface area contributed by atoms with E-state index in [1.807, 2.05) is 0 Å². The third kappa shape index (κ3) is 4.81. The van der Waals surface area contributed by atoms with E-state index in [4.69, 9.17) is 9.47 Å². The summed E-state index contributed by atoms with van der Waals surface area (Å²) in [6.07, 6.45) is 8.77. The van der Waals surface area contributed by atoms with Crippen LogP contribution in [0.3, 0.4) is 0 Å². The first kappa shape index (κ1) is 21.7. The zero-order valence-electron chi connectivity index (χ0n) is 18.1. The van der Waals surface area contributed by atoms with Gasteiger partial charge in [-0.25, -0.2) is 4.79 Å². The van der Waals surface area contributed by atoms with Gasteiger partial charge in [-0.1, -0.05) is 47.0 Å². The molecular formula is C22H42NO3+. The average Bonchev–Trinajstić information content (AvgIpc) is 2.87. The van der Waals surface area contributed by atoms with Gasteiger partial charge >= 0.3 is 5.97 Å². The van der Waals surface area contributed by atoms with Crippen LogP contribution in [0.15, 0.2) is 0 Å². The Morgan fingerprint density at radius 3 is 2.42 bits per heavy atom. The number of ether oxygens (including phenoxy) is 2. The van der Waals surface area contributed by atoms with E-state index in [2.05, 4.69) is 41.8 Å². The van der Waals surface area contributed by atoms with Gasteiger partial charge in [0.2, 0.25) is 0 Å². The molecule has 0 aromatic carbocycles. The molecule has 0 aromatic rings. The molecule has 2 bridgehead atoms. The minimum absolute atomic E-state index is 0.0838. The highest BCUT2D eigenvalue weighted by Crippen LogP contribution is 2.66. The van der Waals surface area contributed by atoms with E-state index in [0.717, 1.165) is 31.9 Å². The number of carbonyl (C=O) groups is 1. The van der Waals surface area contributed by atoms with E-state index < -0.39 is 0 Å². The Hall–Kier alpha value is -0.610. The number of rotatable bonds is 11. The maximum absolute atomic E-state index is 12.1. The molecule has 0 aliphatic heterocycles. The molecule has 4 nitrogen and oxygen atoms in total. The number of carbonyl (C=O) groups excluding carboxylic acids is 1. The van der Waals surface area contributed by atoms with Crippen LogP contribution in [0.4, 0.5) is 0 Å². The maximum Gasteiger partial charge on any atom is 0.361 e.